The van der Waals surface area contributed by atoms with Crippen LogP contribution in [0.25, 0.3) is 17.0 Å². The fraction of sp³-hybridized carbons (Fsp3) is 0.385. The Kier molecular flexibility index (Phi) is 11.8. The monoisotopic (exact) mass is 659 g/mol. The maximum Gasteiger partial charge on any atom is 0.416 e. The van der Waals surface area contributed by atoms with Crippen molar-refractivity contribution in [3.63, 3.8) is 0 Å². The van der Waals surface area contributed by atoms with E-state index in [0.29, 0.717) is 22.7 Å². The number of halogens is 3. The number of imidazole rings is 1. The van der Waals surface area contributed by atoms with Crippen molar-refractivity contribution < 1.29 is 51.9 Å². The van der Waals surface area contributed by atoms with E-state index < -0.39 is 54.1 Å². The minimum absolute atomic E-state index is 0.0146. The normalized spacial score (nSPS) is 12.9. The molecule has 2 heterocycles. The zero-order chi connectivity index (χ0) is 32.6. The van der Waals surface area contributed by atoms with Gasteiger partial charge in [-0.25, -0.2) is 9.55 Å². The maximum absolute atomic E-state index is 13.2. The van der Waals surface area contributed by atoms with E-state index in [4.69, 9.17) is 20.7 Å². The van der Waals surface area contributed by atoms with Crippen LogP contribution in [0, 0.1) is 6.92 Å². The van der Waals surface area contributed by atoms with Crippen LogP contribution in [0.3, 0.4) is 0 Å². The van der Waals surface area contributed by atoms with Crippen molar-refractivity contribution in [2.45, 2.75) is 43.8 Å². The van der Waals surface area contributed by atoms with Gasteiger partial charge in [0.25, 0.3) is 0 Å². The van der Waals surface area contributed by atoms with E-state index in [1.807, 2.05) is 0 Å². The number of carboxylic acids is 2. The topological polar surface area (TPSA) is 201 Å². The number of H-pyrrole nitrogens is 1. The summed E-state index contributed by atoms with van der Waals surface area (Å²) in [6.45, 7) is 1.13. The number of amides is 2. The molecule has 0 radical (unpaired) electrons. The number of carbonyl (C=O) groups is 4. The molecule has 3 aromatic rings. The molecule has 2 aromatic heterocycles. The Balaban J connectivity index is 1.76. The standard InChI is InChI=1S/C26H29F3N6O7S2/c1-13-19(12-44-43-11-18(23(39)31-10-22(37)38)32-21(36)6-4-15(30)24(40)41)35(8-7-20(13)42-2)25-33-16-5-3-14(26(27,28)29)9-17(16)34-25/h3,5,7-9,15,18H,4,6,10-12,30H2,1-2H3,(H4-,31,32,33,34,36,37,38,39,40,41)/p+1/t15-,18-/m0/s1. The van der Waals surface area contributed by atoms with Gasteiger partial charge in [0.1, 0.15) is 35.6 Å². The van der Waals surface area contributed by atoms with Gasteiger partial charge in [-0.2, -0.15) is 13.2 Å². The number of alkyl halides is 3. The lowest BCUT2D eigenvalue weighted by Crippen LogP contribution is -2.49. The molecule has 44 heavy (non-hydrogen) atoms. The average Bonchev–Trinajstić information content (AvgIpc) is 3.39. The highest BCUT2D eigenvalue weighted by molar-refractivity contribution is 8.76. The van der Waals surface area contributed by atoms with Crippen molar-refractivity contribution in [1.82, 2.24) is 20.6 Å². The number of carboxylic acid groups (broad SMARTS) is 2. The molecule has 0 fully saturated rings. The Morgan fingerprint density at radius 2 is 1.91 bits per heavy atom. The molecule has 0 saturated carbocycles. The van der Waals surface area contributed by atoms with Gasteiger partial charge in [0.2, 0.25) is 11.8 Å². The summed E-state index contributed by atoms with van der Waals surface area (Å²) in [5.41, 5.74) is 6.53. The van der Waals surface area contributed by atoms with Crippen molar-refractivity contribution in [2.75, 3.05) is 19.4 Å². The van der Waals surface area contributed by atoms with Crippen LogP contribution in [0.2, 0.25) is 0 Å². The number of fused-ring (bicyclic) bond motifs is 1. The molecule has 0 unspecified atom stereocenters. The van der Waals surface area contributed by atoms with Gasteiger partial charge in [-0.3, -0.25) is 19.2 Å². The summed E-state index contributed by atoms with van der Waals surface area (Å²) in [5.74, 6) is -2.81. The number of aliphatic carboxylic acids is 2. The molecule has 13 nitrogen and oxygen atoms in total. The quantitative estimate of drug-likeness (QED) is 0.0791. The second kappa shape index (κ2) is 15.1. The summed E-state index contributed by atoms with van der Waals surface area (Å²) in [4.78, 5) is 54.2. The van der Waals surface area contributed by atoms with Crippen molar-refractivity contribution in [2.24, 2.45) is 5.73 Å². The number of aromatic nitrogens is 3. The fourth-order valence-electron chi connectivity index (χ4n) is 3.92. The van der Waals surface area contributed by atoms with E-state index in [0.717, 1.165) is 17.7 Å². The molecular formula is C26H30F3N6O7S2+. The van der Waals surface area contributed by atoms with Crippen LogP contribution in [0.15, 0.2) is 30.5 Å². The highest BCUT2D eigenvalue weighted by atomic mass is 33.1. The fourth-order valence-corrected chi connectivity index (χ4v) is 6.22. The summed E-state index contributed by atoms with van der Waals surface area (Å²) >= 11 is 0. The summed E-state index contributed by atoms with van der Waals surface area (Å²) in [6, 6.07) is 2.48. The van der Waals surface area contributed by atoms with E-state index in [2.05, 4.69) is 20.6 Å². The van der Waals surface area contributed by atoms with Gasteiger partial charge in [-0.05, 0) is 31.5 Å². The Bertz CT molecular complexity index is 1540. The molecule has 1 aromatic carbocycles. The molecular weight excluding hydrogens is 629 g/mol. The predicted octanol–water partition coefficient (Wildman–Crippen LogP) is 1.93. The number of aromatic amines is 1. The number of nitrogens with zero attached hydrogens (tertiary/aromatic N) is 2. The molecule has 0 aliphatic heterocycles. The molecule has 0 saturated heterocycles. The molecule has 0 bridgehead atoms. The number of ether oxygens (including phenoxy) is 1. The van der Waals surface area contributed by atoms with Crippen molar-refractivity contribution in [3.05, 3.63) is 47.3 Å². The lowest BCUT2D eigenvalue weighted by atomic mass is 10.1. The molecule has 7 N–H and O–H groups in total. The molecule has 0 spiro atoms. The van der Waals surface area contributed by atoms with Crippen LogP contribution in [0.4, 0.5) is 13.2 Å². The van der Waals surface area contributed by atoms with Crippen LogP contribution in [-0.2, 0) is 31.1 Å². The number of benzene rings is 1. The van der Waals surface area contributed by atoms with Gasteiger partial charge in [0, 0.05) is 23.8 Å². The number of nitrogens with two attached hydrogens (primary N) is 1. The summed E-state index contributed by atoms with van der Waals surface area (Å²) in [5, 5.41) is 22.5. The van der Waals surface area contributed by atoms with E-state index in [-0.39, 0.29) is 30.1 Å². The molecule has 18 heteroatoms. The number of hydrogen-bond donors (Lipinski definition) is 6. The third kappa shape index (κ3) is 9.23. The molecule has 0 aliphatic carbocycles. The van der Waals surface area contributed by atoms with Crippen LogP contribution < -0.4 is 25.7 Å². The maximum atomic E-state index is 13.2. The minimum atomic E-state index is -4.52. The molecule has 2 atom stereocenters. The molecule has 3 rings (SSSR count). The van der Waals surface area contributed by atoms with Crippen LogP contribution in [0.1, 0.15) is 29.7 Å². The number of carbonyl (C=O) groups excluding carboxylic acids is 2. The first-order chi connectivity index (χ1) is 20.7. The van der Waals surface area contributed by atoms with Gasteiger partial charge in [-0.1, -0.05) is 26.6 Å². The minimum Gasteiger partial charge on any atom is -0.496 e. The van der Waals surface area contributed by atoms with Gasteiger partial charge in [0.15, 0.2) is 5.52 Å². The third-order valence-electron chi connectivity index (χ3n) is 6.29. The highest BCUT2D eigenvalue weighted by Gasteiger charge is 2.32. The summed E-state index contributed by atoms with van der Waals surface area (Å²) < 4.78 is 46.7. The van der Waals surface area contributed by atoms with Crippen molar-refractivity contribution in [1.29, 1.82) is 0 Å². The third-order valence-corrected chi connectivity index (χ3v) is 8.58. The summed E-state index contributed by atoms with van der Waals surface area (Å²) in [6.07, 6.45) is -3.30. The summed E-state index contributed by atoms with van der Waals surface area (Å²) in [7, 11) is 3.97. The Morgan fingerprint density at radius 1 is 1.18 bits per heavy atom. The van der Waals surface area contributed by atoms with E-state index in [1.165, 1.54) is 34.8 Å². The highest BCUT2D eigenvalue weighted by Crippen LogP contribution is 2.32. The number of rotatable bonds is 15. The second-order valence-electron chi connectivity index (χ2n) is 9.38. The van der Waals surface area contributed by atoms with Crippen LogP contribution in [-0.4, -0.2) is 75.4 Å². The first kappa shape index (κ1) is 34.5. The lowest BCUT2D eigenvalue weighted by molar-refractivity contribution is -0.610. The number of methoxy groups -OCH3 is 1. The van der Waals surface area contributed by atoms with Crippen LogP contribution in [0.5, 0.6) is 5.75 Å². The number of hydrogen-bond acceptors (Lipinski definition) is 9. The SMILES string of the molecule is COc1cc[n+](-c2nc3ccc(C(F)(F)F)cc3[nH]2)c(CSSC[C@H](NC(=O)CC[C@H](N)C(=O)O)C(=O)NCC(=O)O)c1C. The zero-order valence-electron chi connectivity index (χ0n) is 23.4. The van der Waals surface area contributed by atoms with Gasteiger partial charge < -0.3 is 31.3 Å². The number of nitrogens with one attached hydrogen (secondary N) is 3. The van der Waals surface area contributed by atoms with E-state index in [9.17, 15) is 32.3 Å². The number of pyridine rings is 1. The predicted molar refractivity (Wildman–Crippen MR) is 155 cm³/mol. The van der Waals surface area contributed by atoms with Gasteiger partial charge in [0.05, 0.1) is 24.6 Å². The molecule has 2 amide bonds. The van der Waals surface area contributed by atoms with Gasteiger partial charge in [-0.15, -0.1) is 0 Å². The van der Waals surface area contributed by atoms with E-state index in [1.54, 1.807) is 23.8 Å². The lowest BCUT2D eigenvalue weighted by Gasteiger charge is -2.18. The molecule has 0 aliphatic rings. The van der Waals surface area contributed by atoms with Gasteiger partial charge >= 0.3 is 24.1 Å². The van der Waals surface area contributed by atoms with Crippen LogP contribution >= 0.6 is 21.6 Å². The Hall–Kier alpha value is -4.03. The zero-order valence-corrected chi connectivity index (χ0v) is 25.1. The second-order valence-corrected chi connectivity index (χ2v) is 11.9. The molecule has 238 valence electrons. The van der Waals surface area contributed by atoms with Crippen molar-refractivity contribution >= 4 is 56.4 Å². The Labute approximate surface area is 256 Å². The smallest absolute Gasteiger partial charge is 0.416 e. The Morgan fingerprint density at radius 3 is 2.55 bits per heavy atom. The van der Waals surface area contributed by atoms with E-state index >= 15 is 0 Å². The first-order valence-corrected chi connectivity index (χ1v) is 15.4. The van der Waals surface area contributed by atoms with Crippen molar-refractivity contribution in [3.8, 4) is 11.7 Å². The average molecular weight is 660 g/mol. The first-order valence-electron chi connectivity index (χ1n) is 12.9. The largest absolute Gasteiger partial charge is 0.496 e.